The Morgan fingerprint density at radius 2 is 1.91 bits per heavy atom. The van der Waals surface area contributed by atoms with E-state index in [1.54, 1.807) is 25.3 Å². The van der Waals surface area contributed by atoms with Crippen LogP contribution in [0.2, 0.25) is 0 Å². The zero-order valence-electron chi connectivity index (χ0n) is 18.9. The number of anilines is 1. The second-order valence-corrected chi connectivity index (χ2v) is 8.94. The van der Waals surface area contributed by atoms with E-state index in [1.807, 2.05) is 43.3 Å². The minimum atomic E-state index is -0.242. The molecule has 0 aliphatic heterocycles. The topological polar surface area (TPSA) is 73.6 Å². The van der Waals surface area contributed by atoms with Crippen molar-refractivity contribution in [3.8, 4) is 23.0 Å². The molecule has 1 aromatic heterocycles. The van der Waals surface area contributed by atoms with Gasteiger partial charge in [-0.3, -0.25) is 4.79 Å². The molecule has 0 spiro atoms. The number of hydrogen-bond acceptors (Lipinski definition) is 5. The number of fused-ring (bicyclic) bond motifs is 1. The molecule has 7 heteroatoms. The maximum Gasteiger partial charge on any atom is 0.262 e. The fourth-order valence-corrected chi connectivity index (χ4v) is 4.05. The van der Waals surface area contributed by atoms with Crippen LogP contribution in [-0.2, 0) is 4.79 Å². The molecule has 0 saturated heterocycles. The monoisotopic (exact) mass is 508 g/mol. The van der Waals surface area contributed by atoms with E-state index in [2.05, 4.69) is 40.1 Å². The highest BCUT2D eigenvalue weighted by atomic mass is 79.9. The minimum absolute atomic E-state index is 0.0782. The van der Waals surface area contributed by atoms with Crippen molar-refractivity contribution in [2.45, 2.75) is 26.7 Å². The van der Waals surface area contributed by atoms with E-state index in [0.29, 0.717) is 28.6 Å². The van der Waals surface area contributed by atoms with E-state index < -0.39 is 0 Å². The van der Waals surface area contributed by atoms with Crippen molar-refractivity contribution in [1.29, 1.82) is 0 Å². The number of aryl methyl sites for hydroxylation is 1. The van der Waals surface area contributed by atoms with Gasteiger partial charge in [0, 0.05) is 11.3 Å². The Hall–Kier alpha value is -3.32. The summed E-state index contributed by atoms with van der Waals surface area (Å²) < 4.78 is 17.8. The number of aromatic nitrogens is 1. The van der Waals surface area contributed by atoms with Gasteiger partial charge in [-0.1, -0.05) is 26.0 Å². The van der Waals surface area contributed by atoms with Crippen LogP contribution in [0.3, 0.4) is 0 Å². The van der Waals surface area contributed by atoms with Crippen LogP contribution >= 0.6 is 15.9 Å². The van der Waals surface area contributed by atoms with Crippen molar-refractivity contribution in [3.05, 3.63) is 70.2 Å². The third-order valence-electron chi connectivity index (χ3n) is 5.22. The second-order valence-electron chi connectivity index (χ2n) is 8.08. The first-order chi connectivity index (χ1) is 15.8. The van der Waals surface area contributed by atoms with Gasteiger partial charge in [0.1, 0.15) is 17.0 Å². The van der Waals surface area contributed by atoms with Crippen LogP contribution in [0, 0.1) is 6.92 Å². The first kappa shape index (κ1) is 22.9. The van der Waals surface area contributed by atoms with Gasteiger partial charge in [0.15, 0.2) is 12.2 Å². The third-order valence-corrected chi connectivity index (χ3v) is 5.84. The van der Waals surface area contributed by atoms with Crippen molar-refractivity contribution >= 4 is 38.6 Å². The summed E-state index contributed by atoms with van der Waals surface area (Å²) in [7, 11) is 1.62. The lowest BCUT2D eigenvalue weighted by molar-refractivity contribution is -0.118. The number of halogens is 1. The van der Waals surface area contributed by atoms with Crippen LogP contribution in [0.25, 0.3) is 22.6 Å². The lowest BCUT2D eigenvalue weighted by atomic mass is 10.0. The van der Waals surface area contributed by atoms with Crippen LogP contribution in [0.1, 0.15) is 30.9 Å². The lowest BCUT2D eigenvalue weighted by Gasteiger charge is -2.14. The summed E-state index contributed by atoms with van der Waals surface area (Å²) in [6.45, 7) is 6.13. The number of methoxy groups -OCH3 is 1. The lowest BCUT2D eigenvalue weighted by Crippen LogP contribution is -2.20. The molecule has 0 unspecified atom stereocenters. The number of benzene rings is 3. The highest BCUT2D eigenvalue weighted by Gasteiger charge is 2.13. The maximum atomic E-state index is 12.5. The largest absolute Gasteiger partial charge is 0.496 e. The summed E-state index contributed by atoms with van der Waals surface area (Å²) in [5.41, 5.74) is 4.89. The molecule has 0 atom stereocenters. The van der Waals surface area contributed by atoms with E-state index in [0.717, 1.165) is 32.7 Å². The van der Waals surface area contributed by atoms with Gasteiger partial charge in [-0.15, -0.1) is 0 Å². The summed E-state index contributed by atoms with van der Waals surface area (Å²) in [4.78, 5) is 17.1. The number of ether oxygens (including phenoxy) is 2. The molecule has 0 aliphatic rings. The van der Waals surface area contributed by atoms with Crippen LogP contribution in [0.5, 0.6) is 11.5 Å². The van der Waals surface area contributed by atoms with Crippen LogP contribution in [0.15, 0.2) is 63.5 Å². The Balaban J connectivity index is 1.47. The van der Waals surface area contributed by atoms with E-state index >= 15 is 0 Å². The van der Waals surface area contributed by atoms with Gasteiger partial charge in [-0.05, 0) is 82.4 Å². The predicted molar refractivity (Wildman–Crippen MR) is 133 cm³/mol. The predicted octanol–water partition coefficient (Wildman–Crippen LogP) is 6.72. The average molecular weight is 509 g/mol. The molecule has 33 heavy (non-hydrogen) atoms. The summed E-state index contributed by atoms with van der Waals surface area (Å²) in [5.74, 6) is 2.02. The zero-order chi connectivity index (χ0) is 23.5. The average Bonchev–Trinajstić information content (AvgIpc) is 3.21. The molecular formula is C26H25BrN2O4. The molecular weight excluding hydrogens is 484 g/mol. The summed E-state index contributed by atoms with van der Waals surface area (Å²) in [5, 5.41) is 2.87. The van der Waals surface area contributed by atoms with E-state index in [9.17, 15) is 4.79 Å². The van der Waals surface area contributed by atoms with Gasteiger partial charge in [0.05, 0.1) is 11.6 Å². The number of nitrogens with zero attached hydrogens (tertiary/aromatic N) is 1. The number of hydrogen-bond donors (Lipinski definition) is 1. The molecule has 1 N–H and O–H groups in total. The van der Waals surface area contributed by atoms with Crippen LogP contribution in [-0.4, -0.2) is 24.6 Å². The molecule has 0 aliphatic carbocycles. The highest BCUT2D eigenvalue weighted by molar-refractivity contribution is 9.10. The standard InChI is InChI=1S/C26H25BrN2O4/c1-15(2)19-8-5-16(3)11-24(19)32-14-25(30)28-18-7-10-23-21(13-18)29-26(33-23)17-6-9-22(31-4)20(27)12-17/h5-13,15H,14H2,1-4H3,(H,28,30). The second kappa shape index (κ2) is 9.67. The molecule has 1 heterocycles. The highest BCUT2D eigenvalue weighted by Crippen LogP contribution is 2.32. The number of oxazole rings is 1. The zero-order valence-corrected chi connectivity index (χ0v) is 20.5. The summed E-state index contributed by atoms with van der Waals surface area (Å²) in [6, 6.07) is 17.0. The maximum absolute atomic E-state index is 12.5. The SMILES string of the molecule is COc1ccc(-c2nc3cc(NC(=O)COc4cc(C)ccc4C(C)C)ccc3o2)cc1Br. The first-order valence-electron chi connectivity index (χ1n) is 10.6. The number of rotatable bonds is 7. The van der Waals surface area contributed by atoms with Gasteiger partial charge in [-0.2, -0.15) is 0 Å². The Morgan fingerprint density at radius 1 is 1.09 bits per heavy atom. The van der Waals surface area contributed by atoms with Crippen molar-refractivity contribution in [2.75, 3.05) is 19.0 Å². The number of carbonyl (C=O) groups is 1. The quantitative estimate of drug-likeness (QED) is 0.300. The molecule has 6 nitrogen and oxygen atoms in total. The fraction of sp³-hybridized carbons (Fsp3) is 0.231. The van der Waals surface area contributed by atoms with Gasteiger partial charge >= 0.3 is 0 Å². The number of carbonyl (C=O) groups excluding carboxylic acids is 1. The Morgan fingerprint density at radius 3 is 2.64 bits per heavy atom. The summed E-state index contributed by atoms with van der Waals surface area (Å²) in [6.07, 6.45) is 0. The molecule has 4 rings (SSSR count). The smallest absolute Gasteiger partial charge is 0.262 e. The van der Waals surface area contributed by atoms with Crippen molar-refractivity contribution in [3.63, 3.8) is 0 Å². The first-order valence-corrected chi connectivity index (χ1v) is 11.4. The number of nitrogens with one attached hydrogen (secondary N) is 1. The molecule has 1 amide bonds. The van der Waals surface area contributed by atoms with E-state index in [-0.39, 0.29) is 12.5 Å². The Labute approximate surface area is 201 Å². The van der Waals surface area contributed by atoms with Crippen LogP contribution < -0.4 is 14.8 Å². The summed E-state index contributed by atoms with van der Waals surface area (Å²) >= 11 is 3.48. The van der Waals surface area contributed by atoms with Gasteiger partial charge < -0.3 is 19.2 Å². The normalized spacial score (nSPS) is 11.1. The van der Waals surface area contributed by atoms with Gasteiger partial charge in [0.25, 0.3) is 5.91 Å². The van der Waals surface area contributed by atoms with Crippen molar-refractivity contribution in [2.24, 2.45) is 0 Å². The van der Waals surface area contributed by atoms with E-state index in [1.165, 1.54) is 0 Å². The molecule has 4 aromatic rings. The van der Waals surface area contributed by atoms with Crippen LogP contribution in [0.4, 0.5) is 5.69 Å². The Kier molecular flexibility index (Phi) is 6.70. The van der Waals surface area contributed by atoms with Crippen molar-refractivity contribution < 1.29 is 18.7 Å². The van der Waals surface area contributed by atoms with Gasteiger partial charge in [0.2, 0.25) is 5.89 Å². The number of amides is 1. The molecule has 0 bridgehead atoms. The molecule has 0 saturated carbocycles. The molecule has 170 valence electrons. The Bertz CT molecular complexity index is 1310. The third kappa shape index (κ3) is 5.20. The van der Waals surface area contributed by atoms with E-state index in [4.69, 9.17) is 13.9 Å². The fourth-order valence-electron chi connectivity index (χ4n) is 3.51. The van der Waals surface area contributed by atoms with Crippen molar-refractivity contribution in [1.82, 2.24) is 4.98 Å². The minimum Gasteiger partial charge on any atom is -0.496 e. The molecule has 0 radical (unpaired) electrons. The molecule has 3 aromatic carbocycles. The van der Waals surface area contributed by atoms with Gasteiger partial charge in [-0.25, -0.2) is 4.98 Å². The molecule has 0 fully saturated rings.